The highest BCUT2D eigenvalue weighted by molar-refractivity contribution is 5.85. The van der Waals surface area contributed by atoms with Crippen molar-refractivity contribution < 1.29 is 80.0 Å². The molecule has 10 fully saturated rings. The van der Waals surface area contributed by atoms with Gasteiger partial charge in [-0.2, -0.15) is 0 Å². The van der Waals surface area contributed by atoms with Crippen molar-refractivity contribution in [1.82, 2.24) is 39.6 Å². The molecule has 4 aromatic rings. The highest BCUT2D eigenvalue weighted by atomic mass is 19.3. The van der Waals surface area contributed by atoms with Gasteiger partial charge in [-0.1, -0.05) is 208 Å². The minimum Gasteiger partial charge on any atom is -0.481 e. The molecule has 25 heteroatoms. The van der Waals surface area contributed by atoms with Crippen LogP contribution in [0.4, 0.5) is 31.5 Å². The molecule has 0 aliphatic heterocycles. The number of amides is 8. The predicted molar refractivity (Wildman–Crippen MR) is 576 cm³/mol. The fourth-order valence-electron chi connectivity index (χ4n) is 17.2. The fraction of sp³-hybridized carbons (Fsp3) is 0.726. The number of aliphatic hydroxyl groups excluding tert-OH is 1. The minimum absolute atomic E-state index is 0. The number of carbonyl (C=O) groups is 8. The Balaban J connectivity index is 0. The molecular formula is C117H201F5N8O12. The number of aliphatic carboxylic acids is 1. The van der Waals surface area contributed by atoms with Gasteiger partial charge in [0, 0.05) is 146 Å². The minimum atomic E-state index is -2.49. The molecule has 0 unspecified atom stereocenters. The first-order valence-corrected chi connectivity index (χ1v) is 51.9. The Labute approximate surface area is 859 Å². The van der Waals surface area contributed by atoms with E-state index in [0.717, 1.165) is 218 Å². The maximum atomic E-state index is 13.0. The van der Waals surface area contributed by atoms with Gasteiger partial charge in [0.15, 0.2) is 0 Å². The van der Waals surface area contributed by atoms with Crippen LogP contribution in [-0.2, 0) is 64.2 Å². The number of alkyl halides is 2. The summed E-state index contributed by atoms with van der Waals surface area (Å²) in [5.74, 6) is -0.925. The number of nitrogens with one attached hydrogen (secondary N) is 1. The molecule has 0 radical (unpaired) electrons. The molecule has 14 rings (SSSR count). The average molecular weight is 2010 g/mol. The second-order valence-corrected chi connectivity index (χ2v) is 40.1. The summed E-state index contributed by atoms with van der Waals surface area (Å²) in [6, 6.07) is 31.0. The average Bonchev–Trinajstić information content (AvgIpc) is 1.68. The summed E-state index contributed by atoms with van der Waals surface area (Å²) < 4.78 is 75.4. The monoisotopic (exact) mass is 2010 g/mol. The van der Waals surface area contributed by atoms with E-state index in [4.69, 9.17) is 14.6 Å². The van der Waals surface area contributed by atoms with Crippen LogP contribution >= 0.6 is 0 Å². The lowest BCUT2D eigenvalue weighted by molar-refractivity contribution is -0.151. The van der Waals surface area contributed by atoms with E-state index in [1.807, 2.05) is 58.6 Å². The van der Waals surface area contributed by atoms with Crippen LogP contribution in [0.25, 0.3) is 0 Å². The Kier molecular flexibility index (Phi) is 69.0. The third kappa shape index (κ3) is 53.8. The van der Waals surface area contributed by atoms with E-state index in [0.29, 0.717) is 117 Å². The second-order valence-electron chi connectivity index (χ2n) is 40.1. The molecule has 142 heavy (non-hydrogen) atoms. The summed E-state index contributed by atoms with van der Waals surface area (Å²) in [6.07, 6.45) is 36.3. The van der Waals surface area contributed by atoms with Gasteiger partial charge in [-0.25, -0.2) is 31.5 Å². The normalized spacial score (nSPS) is 17.1. The first-order valence-electron chi connectivity index (χ1n) is 51.9. The summed E-state index contributed by atoms with van der Waals surface area (Å²) in [5.41, 5.74) is 4.30. The van der Waals surface area contributed by atoms with Crippen LogP contribution in [0.5, 0.6) is 0 Å². The number of aliphatic hydroxyl groups is 1. The van der Waals surface area contributed by atoms with Crippen LogP contribution in [0.1, 0.15) is 414 Å². The predicted octanol–water partition coefficient (Wildman–Crippen LogP) is 28.5. The molecule has 8 amide bonds. The van der Waals surface area contributed by atoms with Crippen molar-refractivity contribution in [3.8, 4) is 0 Å². The molecule has 0 bridgehead atoms. The van der Waals surface area contributed by atoms with Crippen molar-refractivity contribution in [3.05, 3.63) is 142 Å². The lowest BCUT2D eigenvalue weighted by atomic mass is 9.82. The van der Waals surface area contributed by atoms with Gasteiger partial charge in [0.2, 0.25) is 35.5 Å². The summed E-state index contributed by atoms with van der Waals surface area (Å²) in [6.45, 7) is 32.9. The van der Waals surface area contributed by atoms with Crippen LogP contribution in [0.3, 0.4) is 0 Å². The molecule has 4 aromatic carbocycles. The van der Waals surface area contributed by atoms with Gasteiger partial charge in [0.1, 0.15) is 17.5 Å². The Morgan fingerprint density at radius 1 is 0.437 bits per heavy atom. The molecule has 0 aromatic heterocycles. The molecule has 0 atom stereocenters. The maximum absolute atomic E-state index is 13.0. The zero-order chi connectivity index (χ0) is 97.7. The van der Waals surface area contributed by atoms with Crippen molar-refractivity contribution >= 4 is 47.6 Å². The van der Waals surface area contributed by atoms with Crippen molar-refractivity contribution in [1.29, 1.82) is 0 Å². The molecule has 20 nitrogen and oxygen atoms in total. The molecule has 0 saturated heterocycles. The molecule has 0 spiro atoms. The van der Waals surface area contributed by atoms with Gasteiger partial charge in [-0.15, -0.1) is 0 Å². The SMILES string of the molecule is C.C.C.C.C.C.C.C.CCCN(C(=O)CC(C)(C)C(=O)O)C1CC1.CCCN(C(=O)CC1CCC(F)(F)CC1)C1CC1.CCCN(C(=O)CC1CCC(O)CC1)C1CC1.CCCN(C(=O)CCC1CCC1)C1CC1.CCCN(C(=O)Cc1ccc(F)cc1)C1CC1.CCCN(C(=O)NCc1cc(F)cc(F)c1)C1CC1.CCCOCc1cccc(C(C)C)c1.CCOC(=O)N(CCc1ccccc1)CC1CC1. The number of carboxylic acid groups (broad SMARTS) is 1. The van der Waals surface area contributed by atoms with Crippen LogP contribution in [-0.4, -0.2) is 206 Å². The smallest absolute Gasteiger partial charge is 0.409 e. The Hall–Kier alpha value is -8.19. The molecule has 3 N–H and O–H groups in total. The number of carbonyl (C=O) groups excluding carboxylic acids is 7. The topological polar surface area (TPSA) is 230 Å². The fourth-order valence-corrected chi connectivity index (χ4v) is 17.2. The Morgan fingerprint density at radius 2 is 0.859 bits per heavy atom. The standard InChI is InChI=1S/C15H21NO2.C14H18F2N2O.C14H23F2NO.C14H18FNO.C14H25NO2.C13H23NO.C13H20O.C12H21NO3.8CH4/c1-2-18-15(17)16(12-14-8-9-14)11-10-13-6-4-3-5-7-13;1-2-5-18(13-3-4-13)14(19)17-9-10-6-11(15)8-12(16)7-10;1-2-9-17(12-3-4-12)13(18)10-11-5-7-14(15,16)8-6-11;1-2-9-16(13-7-8-13)14(17)10-11-3-5-12(15)6-4-11;1-2-9-15(12-5-6-12)14(17)10-11-3-7-13(16)8-4-11;1-2-10-14(12-7-8-12)13(15)9-6-11-4-3-5-11;1-4-8-14-10-12-6-5-7-13(9-12)11(2)3;1-4-7-13(9-5-6-9)10(14)8-12(2,3)11(15)16;;;;;;;;/h3-7,14H,2,8-12H2,1H3;6-8,13H,2-5,9H2,1H3,(H,17,19);11-12H,2-10H2,1H3;3-6,13H,2,7-10H2,1H3;11-13,16H,2-10H2,1H3;11-12H,2-10H2,1H3;5-7,9,11H,4,8,10H2,1-3H3;9H,4-8H2,1-3H3,(H,15,16);8*1H4. The zero-order valence-corrected chi connectivity index (χ0v) is 83.7. The highest BCUT2D eigenvalue weighted by Crippen LogP contribution is 2.40. The molecule has 816 valence electrons. The van der Waals surface area contributed by atoms with Crippen LogP contribution in [0, 0.1) is 46.5 Å². The van der Waals surface area contributed by atoms with Crippen molar-refractivity contribution in [3.63, 3.8) is 0 Å². The molecule has 10 aliphatic carbocycles. The van der Waals surface area contributed by atoms with Crippen LogP contribution in [0.15, 0.2) is 97.1 Å². The van der Waals surface area contributed by atoms with Gasteiger partial charge in [-0.05, 0) is 289 Å². The number of rotatable bonds is 43. The Bertz CT molecular complexity index is 4060. The summed E-state index contributed by atoms with van der Waals surface area (Å²) >= 11 is 0. The van der Waals surface area contributed by atoms with E-state index in [9.17, 15) is 65.4 Å². The van der Waals surface area contributed by atoms with E-state index in [1.165, 1.54) is 98.7 Å². The number of hydrogen-bond donors (Lipinski definition) is 3. The Morgan fingerprint density at radius 3 is 1.27 bits per heavy atom. The van der Waals surface area contributed by atoms with Gasteiger partial charge in [0.05, 0.1) is 31.2 Å². The van der Waals surface area contributed by atoms with Crippen molar-refractivity contribution in [2.75, 3.05) is 65.6 Å². The number of nitrogens with zero attached hydrogens (tertiary/aromatic N) is 7. The van der Waals surface area contributed by atoms with Crippen molar-refractivity contribution in [2.24, 2.45) is 29.1 Å². The quantitative estimate of drug-likeness (QED) is 0.0278. The second kappa shape index (κ2) is 72.2. The molecule has 10 aliphatic rings. The van der Waals surface area contributed by atoms with E-state index in [2.05, 4.69) is 100.0 Å². The van der Waals surface area contributed by atoms with Crippen LogP contribution < -0.4 is 5.32 Å². The van der Waals surface area contributed by atoms with E-state index in [-0.39, 0.29) is 133 Å². The van der Waals surface area contributed by atoms with Gasteiger partial charge < -0.3 is 59.3 Å². The highest BCUT2D eigenvalue weighted by Gasteiger charge is 2.41. The van der Waals surface area contributed by atoms with E-state index < -0.39 is 28.9 Å². The third-order valence-electron chi connectivity index (χ3n) is 26.4. The lowest BCUT2D eigenvalue weighted by Crippen LogP contribution is -2.41. The van der Waals surface area contributed by atoms with Crippen LogP contribution in [0.2, 0.25) is 0 Å². The summed E-state index contributed by atoms with van der Waals surface area (Å²) in [5, 5.41) is 21.2. The first kappa shape index (κ1) is 136. The number of ether oxygens (including phenoxy) is 2. The van der Waals surface area contributed by atoms with Crippen molar-refractivity contribution in [2.45, 2.75) is 460 Å². The van der Waals surface area contributed by atoms with E-state index >= 15 is 0 Å². The van der Waals surface area contributed by atoms with Gasteiger partial charge >= 0.3 is 18.1 Å². The molecular weight excluding hydrogens is 1800 g/mol. The zero-order valence-electron chi connectivity index (χ0n) is 83.7. The number of benzene rings is 4. The van der Waals surface area contributed by atoms with Gasteiger partial charge in [-0.3, -0.25) is 28.8 Å². The third-order valence-corrected chi connectivity index (χ3v) is 26.4. The lowest BCUT2D eigenvalue weighted by Gasteiger charge is -2.30. The summed E-state index contributed by atoms with van der Waals surface area (Å²) in [4.78, 5) is 109. The molecule has 0 heterocycles. The number of carboxylic acids is 1. The number of halogens is 5. The maximum Gasteiger partial charge on any atom is 0.409 e. The van der Waals surface area contributed by atoms with E-state index in [1.54, 1.807) is 30.9 Å². The first-order chi connectivity index (χ1) is 64.2. The number of hydrogen-bond acceptors (Lipinski definition) is 11. The summed E-state index contributed by atoms with van der Waals surface area (Å²) in [7, 11) is 0. The molecule has 10 saturated carbocycles. The number of urea groups is 1. The largest absolute Gasteiger partial charge is 0.481 e. The van der Waals surface area contributed by atoms with Gasteiger partial charge in [0.25, 0.3) is 0 Å².